The van der Waals surface area contributed by atoms with E-state index in [9.17, 15) is 14.7 Å². The van der Waals surface area contributed by atoms with Gasteiger partial charge in [-0.05, 0) is 25.2 Å². The van der Waals surface area contributed by atoms with Crippen LogP contribution < -0.4 is 0 Å². The molecule has 0 spiro atoms. The lowest BCUT2D eigenvalue weighted by atomic mass is 9.82. The largest absolute Gasteiger partial charge is 0.481 e. The number of aliphatic carboxylic acids is 1. The Labute approximate surface area is 108 Å². The van der Waals surface area contributed by atoms with Crippen LogP contribution in [0.5, 0.6) is 0 Å². The highest BCUT2D eigenvalue weighted by molar-refractivity contribution is 5.85. The molecule has 1 fully saturated rings. The Morgan fingerprint density at radius 1 is 1.28 bits per heavy atom. The molecule has 0 radical (unpaired) electrons. The summed E-state index contributed by atoms with van der Waals surface area (Å²) in [5, 5.41) is 9.19. The van der Waals surface area contributed by atoms with Crippen LogP contribution in [0.1, 0.15) is 32.6 Å². The van der Waals surface area contributed by atoms with Gasteiger partial charge in [-0.25, -0.2) is 0 Å². The van der Waals surface area contributed by atoms with Crippen molar-refractivity contribution in [1.29, 1.82) is 0 Å². The summed E-state index contributed by atoms with van der Waals surface area (Å²) in [5.41, 5.74) is 0. The summed E-state index contributed by atoms with van der Waals surface area (Å²) in [6, 6.07) is 0. The van der Waals surface area contributed by atoms with Crippen molar-refractivity contribution >= 4 is 11.9 Å². The molecule has 1 aliphatic heterocycles. The molecule has 0 saturated carbocycles. The van der Waals surface area contributed by atoms with Gasteiger partial charge in [0.15, 0.2) is 0 Å². The molecule has 0 aromatic rings. The number of carboxylic acids is 1. The molecule has 2 rings (SSSR count). The van der Waals surface area contributed by atoms with E-state index >= 15 is 0 Å². The van der Waals surface area contributed by atoms with Gasteiger partial charge in [-0.1, -0.05) is 25.5 Å². The van der Waals surface area contributed by atoms with Gasteiger partial charge in [0.25, 0.3) is 0 Å². The van der Waals surface area contributed by atoms with Crippen LogP contribution in [0.25, 0.3) is 0 Å². The molecule has 1 saturated heterocycles. The lowest BCUT2D eigenvalue weighted by Crippen LogP contribution is -2.40. The molecule has 18 heavy (non-hydrogen) atoms. The van der Waals surface area contributed by atoms with Gasteiger partial charge in [0, 0.05) is 13.1 Å². The van der Waals surface area contributed by atoms with Gasteiger partial charge in [0.1, 0.15) is 0 Å². The number of rotatable bonds is 3. The number of carbonyl (C=O) groups is 2. The zero-order valence-corrected chi connectivity index (χ0v) is 10.8. The second-order valence-electron chi connectivity index (χ2n) is 5.34. The first kappa shape index (κ1) is 13.1. The first-order valence-corrected chi connectivity index (χ1v) is 6.80. The molecule has 1 heterocycles. The van der Waals surface area contributed by atoms with Crippen molar-refractivity contribution in [1.82, 2.24) is 4.90 Å². The number of likely N-dealkylation sites (tertiary alicyclic amines) is 1. The Hall–Kier alpha value is -1.32. The molecular formula is C14H21NO3. The average molecular weight is 251 g/mol. The van der Waals surface area contributed by atoms with Crippen molar-refractivity contribution in [2.45, 2.75) is 32.6 Å². The van der Waals surface area contributed by atoms with Crippen molar-refractivity contribution < 1.29 is 14.7 Å². The van der Waals surface area contributed by atoms with Crippen LogP contribution in [0.4, 0.5) is 0 Å². The second-order valence-corrected chi connectivity index (χ2v) is 5.34. The summed E-state index contributed by atoms with van der Waals surface area (Å²) in [5.74, 6) is -1.10. The zero-order valence-electron chi connectivity index (χ0n) is 10.8. The highest BCUT2D eigenvalue weighted by Crippen LogP contribution is 2.30. The molecule has 4 heteroatoms. The first-order chi connectivity index (χ1) is 8.63. The number of amides is 1. The SMILES string of the molecule is CCC1CCN(C(=O)[C@@H]2CC=CC[C@@H]2C(=O)O)C1. The lowest BCUT2D eigenvalue weighted by molar-refractivity contribution is -0.150. The number of hydrogen-bond donors (Lipinski definition) is 1. The minimum Gasteiger partial charge on any atom is -0.481 e. The predicted octanol–water partition coefficient (Wildman–Crippen LogP) is 1.91. The number of allylic oxidation sites excluding steroid dienone is 2. The first-order valence-electron chi connectivity index (χ1n) is 6.80. The fraction of sp³-hybridized carbons (Fsp3) is 0.714. The fourth-order valence-electron chi connectivity index (χ4n) is 2.96. The van der Waals surface area contributed by atoms with Gasteiger partial charge in [-0.3, -0.25) is 9.59 Å². The molecule has 4 nitrogen and oxygen atoms in total. The monoisotopic (exact) mass is 251 g/mol. The van der Waals surface area contributed by atoms with E-state index in [2.05, 4.69) is 6.92 Å². The third kappa shape index (κ3) is 2.57. The van der Waals surface area contributed by atoms with E-state index < -0.39 is 11.9 Å². The maximum absolute atomic E-state index is 12.4. The number of carbonyl (C=O) groups excluding carboxylic acids is 1. The Balaban J connectivity index is 2.03. The van der Waals surface area contributed by atoms with E-state index in [4.69, 9.17) is 0 Å². The summed E-state index contributed by atoms with van der Waals surface area (Å²) in [7, 11) is 0. The molecular weight excluding hydrogens is 230 g/mol. The second kappa shape index (κ2) is 5.55. The molecule has 0 aromatic heterocycles. The van der Waals surface area contributed by atoms with Crippen molar-refractivity contribution in [3.05, 3.63) is 12.2 Å². The summed E-state index contributed by atoms with van der Waals surface area (Å²) < 4.78 is 0. The van der Waals surface area contributed by atoms with E-state index in [1.54, 1.807) is 0 Å². The van der Waals surface area contributed by atoms with E-state index in [0.29, 0.717) is 18.8 Å². The van der Waals surface area contributed by atoms with Gasteiger partial charge in [-0.15, -0.1) is 0 Å². The summed E-state index contributed by atoms with van der Waals surface area (Å²) in [6.07, 6.45) is 7.02. The molecule has 1 N–H and O–H groups in total. The van der Waals surface area contributed by atoms with Crippen LogP contribution in [-0.2, 0) is 9.59 Å². The summed E-state index contributed by atoms with van der Waals surface area (Å²) >= 11 is 0. The Bertz CT molecular complexity index is 364. The fourth-order valence-corrected chi connectivity index (χ4v) is 2.96. The van der Waals surface area contributed by atoms with E-state index in [1.165, 1.54) is 0 Å². The minimum atomic E-state index is -0.844. The zero-order chi connectivity index (χ0) is 13.1. The van der Waals surface area contributed by atoms with Crippen molar-refractivity contribution in [2.24, 2.45) is 17.8 Å². The Morgan fingerprint density at radius 3 is 2.50 bits per heavy atom. The van der Waals surface area contributed by atoms with Crippen LogP contribution in [0.2, 0.25) is 0 Å². The van der Waals surface area contributed by atoms with Crippen LogP contribution >= 0.6 is 0 Å². The van der Waals surface area contributed by atoms with Gasteiger partial charge in [0.2, 0.25) is 5.91 Å². The molecule has 1 amide bonds. The number of carboxylic acid groups (broad SMARTS) is 1. The molecule has 0 bridgehead atoms. The molecule has 1 aliphatic carbocycles. The minimum absolute atomic E-state index is 0.0442. The molecule has 3 atom stereocenters. The van der Waals surface area contributed by atoms with E-state index in [-0.39, 0.29) is 11.8 Å². The standard InChI is InChI=1S/C14H21NO3/c1-2-10-7-8-15(9-10)13(16)11-5-3-4-6-12(11)14(17)18/h3-4,10-12H,2,5-9H2,1H3,(H,17,18)/t10?,11-,12+/m1/s1. The molecule has 2 aliphatic rings. The van der Waals surface area contributed by atoms with Crippen molar-refractivity contribution in [3.63, 3.8) is 0 Å². The predicted molar refractivity (Wildman–Crippen MR) is 68.0 cm³/mol. The van der Waals surface area contributed by atoms with Crippen LogP contribution in [-0.4, -0.2) is 35.0 Å². The van der Waals surface area contributed by atoms with Crippen LogP contribution in [0.3, 0.4) is 0 Å². The number of nitrogens with zero attached hydrogens (tertiary/aromatic N) is 1. The highest BCUT2D eigenvalue weighted by Gasteiger charge is 2.38. The summed E-state index contributed by atoms with van der Waals surface area (Å²) in [4.78, 5) is 25.5. The van der Waals surface area contributed by atoms with E-state index in [0.717, 1.165) is 25.9 Å². The molecule has 1 unspecified atom stereocenters. The smallest absolute Gasteiger partial charge is 0.307 e. The number of hydrogen-bond acceptors (Lipinski definition) is 2. The Morgan fingerprint density at radius 2 is 1.94 bits per heavy atom. The van der Waals surface area contributed by atoms with Crippen LogP contribution in [0.15, 0.2) is 12.2 Å². The van der Waals surface area contributed by atoms with Gasteiger partial charge in [-0.2, -0.15) is 0 Å². The van der Waals surface area contributed by atoms with Gasteiger partial charge in [0.05, 0.1) is 11.8 Å². The quantitative estimate of drug-likeness (QED) is 0.779. The molecule has 0 aromatic carbocycles. The highest BCUT2D eigenvalue weighted by atomic mass is 16.4. The van der Waals surface area contributed by atoms with Crippen molar-refractivity contribution in [3.8, 4) is 0 Å². The third-order valence-electron chi connectivity index (χ3n) is 4.24. The third-order valence-corrected chi connectivity index (χ3v) is 4.24. The average Bonchev–Trinajstić information content (AvgIpc) is 2.86. The van der Waals surface area contributed by atoms with Gasteiger partial charge < -0.3 is 10.0 Å². The van der Waals surface area contributed by atoms with E-state index in [1.807, 2.05) is 17.1 Å². The summed E-state index contributed by atoms with van der Waals surface area (Å²) in [6.45, 7) is 3.74. The van der Waals surface area contributed by atoms with Crippen LogP contribution in [0, 0.1) is 17.8 Å². The Kier molecular flexibility index (Phi) is 4.04. The van der Waals surface area contributed by atoms with Crippen molar-refractivity contribution in [2.75, 3.05) is 13.1 Å². The maximum atomic E-state index is 12.4. The maximum Gasteiger partial charge on any atom is 0.307 e. The lowest BCUT2D eigenvalue weighted by Gasteiger charge is -2.28. The molecule has 100 valence electrons. The normalized spacial score (nSPS) is 31.6. The topological polar surface area (TPSA) is 57.6 Å². The van der Waals surface area contributed by atoms with Gasteiger partial charge >= 0.3 is 5.97 Å².